The van der Waals surface area contributed by atoms with Crippen molar-refractivity contribution < 1.29 is 38.7 Å². The Morgan fingerprint density at radius 1 is 0.491 bits per heavy atom. The largest absolute Gasteiger partial charge is 0.480 e. The minimum absolute atomic E-state index is 0.0138. The van der Waals surface area contributed by atoms with E-state index in [0.717, 1.165) is 0 Å². The van der Waals surface area contributed by atoms with E-state index in [0.29, 0.717) is 64.6 Å². The van der Waals surface area contributed by atoms with Crippen molar-refractivity contribution in [1.29, 1.82) is 0 Å². The first kappa shape index (κ1) is 53.5. The number of carbonyl (C=O) groups excluding carboxylic acids is 6. The molecule has 0 radical (unpaired) electrons. The quantitative estimate of drug-likeness (QED) is 0.0307. The van der Waals surface area contributed by atoms with Crippen molar-refractivity contribution in [3.63, 3.8) is 0 Å². The molecule has 7 unspecified atom stereocenters. The lowest BCUT2D eigenvalue weighted by atomic mass is 9.98. The van der Waals surface area contributed by atoms with E-state index >= 15 is 0 Å². The zero-order chi connectivity index (χ0) is 43.7. The van der Waals surface area contributed by atoms with Crippen LogP contribution < -0.4 is 54.8 Å². The number of carboxylic acid groups (broad SMARTS) is 1. The molecule has 0 aromatic carbocycles. The molecule has 330 valence electrons. The second-order valence-electron chi connectivity index (χ2n) is 15.8. The van der Waals surface area contributed by atoms with Crippen molar-refractivity contribution in [2.24, 2.45) is 40.7 Å². The van der Waals surface area contributed by atoms with Crippen molar-refractivity contribution in [2.45, 2.75) is 154 Å². The summed E-state index contributed by atoms with van der Waals surface area (Å²) in [5, 5.41) is 25.6. The molecule has 0 spiro atoms. The van der Waals surface area contributed by atoms with E-state index in [-0.39, 0.29) is 43.3 Å². The summed E-state index contributed by atoms with van der Waals surface area (Å²) in [4.78, 5) is 92.6. The Morgan fingerprint density at radius 2 is 0.860 bits per heavy atom. The SMILES string of the molecule is CC(C)CC(NC(=O)C(CC(C)C)NC(=O)C(NC(=O)C(CS)NC(=O)C(CCCCN)NC(=O)C(CCCCN)NC(=O)C(N)CCCCN)C(C)C)C(=O)O. The van der Waals surface area contributed by atoms with E-state index in [1.165, 1.54) is 0 Å². The van der Waals surface area contributed by atoms with Crippen LogP contribution in [0.2, 0.25) is 0 Å². The summed E-state index contributed by atoms with van der Waals surface area (Å²) in [5.41, 5.74) is 23.0. The van der Waals surface area contributed by atoms with Crippen LogP contribution >= 0.6 is 12.6 Å². The Kier molecular flexibility index (Phi) is 27.8. The molecule has 0 saturated heterocycles. The van der Waals surface area contributed by atoms with E-state index in [1.807, 2.05) is 27.7 Å². The van der Waals surface area contributed by atoms with Crippen LogP contribution in [0.15, 0.2) is 0 Å². The fourth-order valence-corrected chi connectivity index (χ4v) is 6.16. The molecule has 57 heavy (non-hydrogen) atoms. The van der Waals surface area contributed by atoms with E-state index in [9.17, 15) is 38.7 Å². The molecule has 18 nitrogen and oxygen atoms in total. The first-order valence-electron chi connectivity index (χ1n) is 20.3. The second-order valence-corrected chi connectivity index (χ2v) is 16.1. The monoisotopic (exact) mass is 831 g/mol. The summed E-state index contributed by atoms with van der Waals surface area (Å²) in [7, 11) is 0. The van der Waals surface area contributed by atoms with Gasteiger partial charge in [0.25, 0.3) is 0 Å². The van der Waals surface area contributed by atoms with Gasteiger partial charge in [0, 0.05) is 5.75 Å². The Labute approximate surface area is 344 Å². The zero-order valence-electron chi connectivity index (χ0n) is 34.9. The summed E-state index contributed by atoms with van der Waals surface area (Å²) in [5.74, 6) is -5.76. The number of unbranched alkanes of at least 4 members (excludes halogenated alkanes) is 3. The van der Waals surface area contributed by atoms with Crippen LogP contribution in [-0.4, -0.2) is 114 Å². The minimum atomic E-state index is -1.24. The number of hydrogen-bond donors (Lipinski definition) is 12. The van der Waals surface area contributed by atoms with Crippen molar-refractivity contribution in [3.05, 3.63) is 0 Å². The zero-order valence-corrected chi connectivity index (χ0v) is 35.8. The van der Waals surface area contributed by atoms with Crippen LogP contribution in [0, 0.1) is 17.8 Å². The van der Waals surface area contributed by atoms with E-state index in [1.54, 1.807) is 13.8 Å². The lowest BCUT2D eigenvalue weighted by molar-refractivity contribution is -0.143. The number of hydrogen-bond acceptors (Lipinski definition) is 12. The van der Waals surface area contributed by atoms with Gasteiger partial charge < -0.3 is 59.9 Å². The summed E-state index contributed by atoms with van der Waals surface area (Å²) in [6.45, 7) is 11.9. The molecular weight excluding hydrogens is 757 g/mol. The van der Waals surface area contributed by atoms with Crippen molar-refractivity contribution in [2.75, 3.05) is 25.4 Å². The number of aliphatic carboxylic acids is 1. The van der Waals surface area contributed by atoms with Gasteiger partial charge in [-0.25, -0.2) is 4.79 Å². The molecule has 19 heteroatoms. The summed E-state index contributed by atoms with van der Waals surface area (Å²) >= 11 is 4.28. The van der Waals surface area contributed by atoms with Gasteiger partial charge in [0.15, 0.2) is 0 Å². The number of nitrogens with two attached hydrogens (primary N) is 4. The van der Waals surface area contributed by atoms with Gasteiger partial charge in [-0.1, -0.05) is 48.0 Å². The van der Waals surface area contributed by atoms with Gasteiger partial charge in [-0.3, -0.25) is 28.8 Å². The van der Waals surface area contributed by atoms with Crippen LogP contribution in [0.5, 0.6) is 0 Å². The van der Waals surface area contributed by atoms with E-state index < -0.39 is 89.6 Å². The molecule has 0 aliphatic rings. The minimum Gasteiger partial charge on any atom is -0.480 e. The van der Waals surface area contributed by atoms with Crippen LogP contribution in [-0.2, 0) is 33.6 Å². The highest BCUT2D eigenvalue weighted by Gasteiger charge is 2.34. The van der Waals surface area contributed by atoms with Gasteiger partial charge in [0.2, 0.25) is 35.4 Å². The van der Waals surface area contributed by atoms with Gasteiger partial charge >= 0.3 is 5.97 Å². The lowest BCUT2D eigenvalue weighted by Crippen LogP contribution is -2.61. The Morgan fingerprint density at radius 3 is 1.28 bits per heavy atom. The van der Waals surface area contributed by atoms with Crippen LogP contribution in [0.4, 0.5) is 0 Å². The maximum atomic E-state index is 13.7. The van der Waals surface area contributed by atoms with Gasteiger partial charge in [-0.15, -0.1) is 0 Å². The van der Waals surface area contributed by atoms with Gasteiger partial charge in [-0.2, -0.15) is 12.6 Å². The molecule has 0 aromatic heterocycles. The van der Waals surface area contributed by atoms with Crippen molar-refractivity contribution in [3.8, 4) is 0 Å². The van der Waals surface area contributed by atoms with Crippen molar-refractivity contribution in [1.82, 2.24) is 31.9 Å². The number of rotatable bonds is 31. The van der Waals surface area contributed by atoms with Gasteiger partial charge in [-0.05, 0) is 102 Å². The Balaban J connectivity index is 6.07. The highest BCUT2D eigenvalue weighted by Crippen LogP contribution is 2.12. The van der Waals surface area contributed by atoms with E-state index in [4.69, 9.17) is 22.9 Å². The maximum absolute atomic E-state index is 13.7. The Bertz CT molecular complexity index is 1260. The third-order valence-corrected chi connectivity index (χ3v) is 9.56. The molecular formula is C38H74N10O8S. The average molecular weight is 831 g/mol. The van der Waals surface area contributed by atoms with Crippen LogP contribution in [0.25, 0.3) is 0 Å². The first-order valence-corrected chi connectivity index (χ1v) is 21.0. The number of thiol groups is 1. The number of carboxylic acids is 1. The predicted octanol–water partition coefficient (Wildman–Crippen LogP) is -0.628. The predicted molar refractivity (Wildman–Crippen MR) is 224 cm³/mol. The fraction of sp³-hybridized carbons (Fsp3) is 0.816. The molecule has 0 aliphatic heterocycles. The van der Waals surface area contributed by atoms with Gasteiger partial charge in [0.05, 0.1) is 6.04 Å². The molecule has 0 rings (SSSR count). The molecule has 0 saturated carbocycles. The third kappa shape index (κ3) is 22.3. The molecule has 0 bridgehead atoms. The topological polar surface area (TPSA) is 316 Å². The average Bonchev–Trinajstić information content (AvgIpc) is 3.13. The standard InChI is InChI=1S/C38H74N10O8S/c1-22(2)19-28(35(52)46-29(38(55)56)20-23(3)4)45-37(54)31(24(5)6)48-36(53)30(21-57)47-34(51)27(15-9-12-18-41)44-33(50)26(14-8-11-17-40)43-32(49)25(42)13-7-10-16-39/h22-31,57H,7-21,39-42H2,1-6H3,(H,43,49)(H,44,50)(H,45,54)(H,46,52)(H,47,51)(H,48,53)(H,55,56). The number of nitrogens with one attached hydrogen (secondary N) is 6. The van der Waals surface area contributed by atoms with Crippen LogP contribution in [0.1, 0.15) is 112 Å². The highest BCUT2D eigenvalue weighted by molar-refractivity contribution is 7.80. The van der Waals surface area contributed by atoms with Crippen molar-refractivity contribution >= 4 is 54.0 Å². The summed E-state index contributed by atoms with van der Waals surface area (Å²) in [6, 6.07) is -7.59. The summed E-state index contributed by atoms with van der Waals surface area (Å²) in [6.07, 6.45) is 4.70. The van der Waals surface area contributed by atoms with E-state index in [2.05, 4.69) is 44.5 Å². The van der Waals surface area contributed by atoms with Gasteiger partial charge in [0.1, 0.15) is 36.3 Å². The summed E-state index contributed by atoms with van der Waals surface area (Å²) < 4.78 is 0. The fourth-order valence-electron chi connectivity index (χ4n) is 5.90. The number of amides is 6. The molecule has 0 heterocycles. The molecule has 0 aromatic rings. The second kappa shape index (κ2) is 29.7. The molecule has 7 atom stereocenters. The molecule has 6 amide bonds. The third-order valence-electron chi connectivity index (χ3n) is 9.19. The maximum Gasteiger partial charge on any atom is 0.326 e. The molecule has 0 fully saturated rings. The number of carbonyl (C=O) groups is 7. The first-order chi connectivity index (χ1) is 26.8. The normalized spacial score (nSPS) is 15.1. The lowest BCUT2D eigenvalue weighted by Gasteiger charge is -2.29. The molecule has 0 aliphatic carbocycles. The smallest absolute Gasteiger partial charge is 0.326 e. The van der Waals surface area contributed by atoms with Crippen LogP contribution in [0.3, 0.4) is 0 Å². The Hall–Kier alpha value is -3.52. The molecule has 15 N–H and O–H groups in total. The highest BCUT2D eigenvalue weighted by atomic mass is 32.1.